The van der Waals surface area contributed by atoms with E-state index in [0.29, 0.717) is 5.56 Å². The molecule has 0 amide bonds. The number of nitrogens with zero attached hydrogens (tertiary/aromatic N) is 1. The van der Waals surface area contributed by atoms with Crippen molar-refractivity contribution < 1.29 is 9.53 Å². The van der Waals surface area contributed by atoms with Crippen LogP contribution in [0.5, 0.6) is 0 Å². The summed E-state index contributed by atoms with van der Waals surface area (Å²) >= 11 is 1.62. The summed E-state index contributed by atoms with van der Waals surface area (Å²) in [5, 5.41) is 4.13. The SMILES string of the molecule is COC(=O)c1ccc(Nc2nc(-c3ccc(C)c(C)c3)c(C)s2)cc1. The van der Waals surface area contributed by atoms with Crippen molar-refractivity contribution in [3.05, 3.63) is 64.0 Å². The number of thiazole rings is 1. The maximum atomic E-state index is 11.5. The number of nitrogens with one attached hydrogen (secondary N) is 1. The van der Waals surface area contributed by atoms with Gasteiger partial charge in [0.25, 0.3) is 0 Å². The van der Waals surface area contributed by atoms with Crippen LogP contribution in [0.25, 0.3) is 11.3 Å². The lowest BCUT2D eigenvalue weighted by Gasteiger charge is -2.04. The maximum Gasteiger partial charge on any atom is 0.337 e. The lowest BCUT2D eigenvalue weighted by molar-refractivity contribution is 0.0601. The molecule has 4 nitrogen and oxygen atoms in total. The number of hydrogen-bond acceptors (Lipinski definition) is 5. The highest BCUT2D eigenvalue weighted by molar-refractivity contribution is 7.16. The summed E-state index contributed by atoms with van der Waals surface area (Å²) in [6.07, 6.45) is 0. The van der Waals surface area contributed by atoms with E-state index in [-0.39, 0.29) is 5.97 Å². The molecule has 0 spiro atoms. The third-order valence-corrected chi connectivity index (χ3v) is 5.02. The van der Waals surface area contributed by atoms with Crippen molar-refractivity contribution in [2.24, 2.45) is 0 Å². The number of aryl methyl sites for hydroxylation is 3. The topological polar surface area (TPSA) is 51.2 Å². The van der Waals surface area contributed by atoms with E-state index in [1.165, 1.54) is 18.2 Å². The average Bonchev–Trinajstić information content (AvgIpc) is 2.97. The van der Waals surface area contributed by atoms with E-state index >= 15 is 0 Å². The number of methoxy groups -OCH3 is 1. The number of anilines is 2. The van der Waals surface area contributed by atoms with Gasteiger partial charge >= 0.3 is 5.97 Å². The zero-order valence-corrected chi connectivity index (χ0v) is 15.5. The van der Waals surface area contributed by atoms with Crippen LogP contribution in [0.4, 0.5) is 10.8 Å². The van der Waals surface area contributed by atoms with E-state index < -0.39 is 0 Å². The molecule has 3 rings (SSSR count). The zero-order valence-electron chi connectivity index (χ0n) is 14.7. The van der Waals surface area contributed by atoms with Crippen LogP contribution in [0, 0.1) is 20.8 Å². The number of benzene rings is 2. The highest BCUT2D eigenvalue weighted by Gasteiger charge is 2.11. The molecule has 0 fully saturated rings. The summed E-state index contributed by atoms with van der Waals surface area (Å²) in [6, 6.07) is 13.6. The van der Waals surface area contributed by atoms with Crippen molar-refractivity contribution in [1.82, 2.24) is 4.98 Å². The first-order valence-electron chi connectivity index (χ1n) is 7.98. The van der Waals surface area contributed by atoms with Gasteiger partial charge in [0.2, 0.25) is 0 Å². The fraction of sp³-hybridized carbons (Fsp3) is 0.200. The molecule has 2 aromatic carbocycles. The molecule has 1 aromatic heterocycles. The van der Waals surface area contributed by atoms with Crippen LogP contribution >= 0.6 is 11.3 Å². The van der Waals surface area contributed by atoms with Gasteiger partial charge < -0.3 is 10.1 Å². The maximum absolute atomic E-state index is 11.5. The minimum atomic E-state index is -0.339. The van der Waals surface area contributed by atoms with Crippen molar-refractivity contribution in [3.8, 4) is 11.3 Å². The molecule has 0 aliphatic carbocycles. The summed E-state index contributed by atoms with van der Waals surface area (Å²) in [6.45, 7) is 6.30. The van der Waals surface area contributed by atoms with Crippen molar-refractivity contribution in [1.29, 1.82) is 0 Å². The van der Waals surface area contributed by atoms with Crippen LogP contribution in [-0.4, -0.2) is 18.1 Å². The Morgan fingerprint density at radius 1 is 1.04 bits per heavy atom. The molecule has 0 saturated carbocycles. The molecular formula is C20H20N2O2S. The average molecular weight is 352 g/mol. The van der Waals surface area contributed by atoms with Crippen molar-refractivity contribution in [3.63, 3.8) is 0 Å². The third-order valence-electron chi connectivity index (χ3n) is 4.13. The van der Waals surface area contributed by atoms with Crippen LogP contribution in [-0.2, 0) is 4.74 Å². The van der Waals surface area contributed by atoms with Gasteiger partial charge in [-0.05, 0) is 62.2 Å². The van der Waals surface area contributed by atoms with Gasteiger partial charge in [-0.2, -0.15) is 0 Å². The molecule has 1 heterocycles. The van der Waals surface area contributed by atoms with Crippen molar-refractivity contribution in [2.75, 3.05) is 12.4 Å². The molecule has 3 aromatic rings. The van der Waals surface area contributed by atoms with E-state index in [2.05, 4.69) is 44.3 Å². The summed E-state index contributed by atoms with van der Waals surface area (Å²) in [5.74, 6) is -0.339. The molecule has 0 aliphatic rings. The molecule has 0 aliphatic heterocycles. The highest BCUT2D eigenvalue weighted by Crippen LogP contribution is 2.32. The van der Waals surface area contributed by atoms with Crippen LogP contribution in [0.3, 0.4) is 0 Å². The second-order valence-electron chi connectivity index (χ2n) is 5.92. The quantitative estimate of drug-likeness (QED) is 0.650. The van der Waals surface area contributed by atoms with Crippen LogP contribution < -0.4 is 5.32 Å². The van der Waals surface area contributed by atoms with Gasteiger partial charge in [-0.3, -0.25) is 0 Å². The van der Waals surface area contributed by atoms with Gasteiger partial charge in [-0.1, -0.05) is 12.1 Å². The largest absolute Gasteiger partial charge is 0.465 e. The molecular weight excluding hydrogens is 332 g/mol. The van der Waals surface area contributed by atoms with Gasteiger partial charge in [0.05, 0.1) is 18.4 Å². The smallest absolute Gasteiger partial charge is 0.337 e. The fourth-order valence-corrected chi connectivity index (χ4v) is 3.39. The number of ether oxygens (including phenoxy) is 1. The van der Waals surface area contributed by atoms with E-state index in [4.69, 9.17) is 9.72 Å². The van der Waals surface area contributed by atoms with Crippen LogP contribution in [0.2, 0.25) is 0 Å². The Morgan fingerprint density at radius 3 is 2.40 bits per heavy atom. The Balaban J connectivity index is 1.82. The number of rotatable bonds is 4. The van der Waals surface area contributed by atoms with E-state index in [9.17, 15) is 4.79 Å². The summed E-state index contributed by atoms with van der Waals surface area (Å²) in [4.78, 5) is 17.4. The third kappa shape index (κ3) is 3.72. The highest BCUT2D eigenvalue weighted by atomic mass is 32.1. The number of hydrogen-bond donors (Lipinski definition) is 1. The molecule has 25 heavy (non-hydrogen) atoms. The van der Waals surface area contributed by atoms with Gasteiger partial charge in [-0.25, -0.2) is 9.78 Å². The molecule has 0 radical (unpaired) electrons. The second kappa shape index (κ2) is 7.07. The lowest BCUT2D eigenvalue weighted by atomic mass is 10.0. The predicted octanol–water partition coefficient (Wildman–Crippen LogP) is 5.27. The standard InChI is InChI=1S/C20H20N2O2S/c1-12-5-6-16(11-13(12)2)18-14(3)25-20(22-18)21-17-9-7-15(8-10-17)19(23)24-4/h5-11H,1-4H3,(H,21,22). The molecule has 1 N–H and O–H groups in total. The Labute approximate surface area is 151 Å². The predicted molar refractivity (Wildman–Crippen MR) is 103 cm³/mol. The van der Waals surface area contributed by atoms with Gasteiger partial charge in [0, 0.05) is 16.1 Å². The lowest BCUT2D eigenvalue weighted by Crippen LogP contribution is -2.00. The Morgan fingerprint density at radius 2 is 1.76 bits per heavy atom. The number of carbonyl (C=O) groups is 1. The molecule has 0 atom stereocenters. The summed E-state index contributed by atoms with van der Waals surface area (Å²) < 4.78 is 4.71. The van der Waals surface area contributed by atoms with Crippen molar-refractivity contribution >= 4 is 28.1 Å². The molecule has 0 bridgehead atoms. The molecule has 0 saturated heterocycles. The van der Waals surface area contributed by atoms with Crippen molar-refractivity contribution in [2.45, 2.75) is 20.8 Å². The first-order chi connectivity index (χ1) is 12.0. The van der Waals surface area contributed by atoms with E-state index in [1.807, 2.05) is 12.1 Å². The van der Waals surface area contributed by atoms with Gasteiger partial charge in [0.15, 0.2) is 5.13 Å². The minimum absolute atomic E-state index is 0.339. The second-order valence-corrected chi connectivity index (χ2v) is 7.12. The fourth-order valence-electron chi connectivity index (χ4n) is 2.54. The summed E-state index contributed by atoms with van der Waals surface area (Å²) in [7, 11) is 1.38. The molecule has 5 heteroatoms. The normalized spacial score (nSPS) is 10.6. The first kappa shape index (κ1) is 17.2. The van der Waals surface area contributed by atoms with Gasteiger partial charge in [-0.15, -0.1) is 11.3 Å². The Bertz CT molecular complexity index is 914. The van der Waals surface area contributed by atoms with Crippen LogP contribution in [0.1, 0.15) is 26.4 Å². The monoisotopic (exact) mass is 352 g/mol. The molecule has 128 valence electrons. The first-order valence-corrected chi connectivity index (χ1v) is 8.80. The Kier molecular flexibility index (Phi) is 4.86. The minimum Gasteiger partial charge on any atom is -0.465 e. The number of aromatic nitrogens is 1. The number of carbonyl (C=O) groups excluding carboxylic acids is 1. The Hall–Kier alpha value is -2.66. The number of esters is 1. The van der Waals surface area contributed by atoms with Crippen LogP contribution in [0.15, 0.2) is 42.5 Å². The summed E-state index contributed by atoms with van der Waals surface area (Å²) in [5.41, 5.74) is 6.08. The molecule has 0 unspecified atom stereocenters. The van der Waals surface area contributed by atoms with E-state index in [0.717, 1.165) is 27.0 Å². The zero-order chi connectivity index (χ0) is 18.0. The van der Waals surface area contributed by atoms with Gasteiger partial charge in [0.1, 0.15) is 0 Å². The van der Waals surface area contributed by atoms with E-state index in [1.54, 1.807) is 23.5 Å².